The first-order valence-electron chi connectivity index (χ1n) is 3.02. The summed E-state index contributed by atoms with van der Waals surface area (Å²) in [5.41, 5.74) is -1.08. The van der Waals surface area contributed by atoms with Crippen molar-refractivity contribution >= 4 is 6.03 Å². The van der Waals surface area contributed by atoms with Gasteiger partial charge in [0.25, 0.3) is 0 Å². The van der Waals surface area contributed by atoms with Gasteiger partial charge in [-0.05, 0) is 12.2 Å². The number of alkyl halides is 3. The molecule has 66 valence electrons. The fourth-order valence-corrected chi connectivity index (χ4v) is 0.634. The molecule has 1 heterocycles. The molecule has 1 aliphatic heterocycles. The lowest BCUT2D eigenvalue weighted by Gasteiger charge is -2.10. The largest absolute Gasteiger partial charge is 0.431 e. The zero-order chi connectivity index (χ0) is 9.19. The van der Waals surface area contributed by atoms with Crippen molar-refractivity contribution in [3.05, 3.63) is 24.0 Å². The van der Waals surface area contributed by atoms with Gasteiger partial charge in [-0.25, -0.2) is 4.79 Å². The van der Waals surface area contributed by atoms with Gasteiger partial charge in [-0.1, -0.05) is 0 Å². The standard InChI is InChI=1S/C6H5F3N2O/c7-6(8,9)4-2-1-3-10-5(12)11-4/h1-3H,(H2,10,11,12). The van der Waals surface area contributed by atoms with E-state index in [4.69, 9.17) is 0 Å². The molecule has 0 radical (unpaired) electrons. The van der Waals surface area contributed by atoms with Gasteiger partial charge in [0.05, 0.1) is 0 Å². The van der Waals surface area contributed by atoms with Crippen LogP contribution >= 0.6 is 0 Å². The minimum absolute atomic E-state index is 0.776. The predicted molar refractivity (Wildman–Crippen MR) is 34.9 cm³/mol. The monoisotopic (exact) mass is 178 g/mol. The predicted octanol–water partition coefficient (Wildman–Crippen LogP) is 1.26. The SMILES string of the molecule is O=C1NC=CC=C(C(F)(F)F)N1. The second kappa shape index (κ2) is 2.88. The van der Waals surface area contributed by atoms with Crippen molar-refractivity contribution in [1.29, 1.82) is 0 Å². The number of nitrogens with one attached hydrogen (secondary N) is 2. The third kappa shape index (κ3) is 2.01. The number of hydrogen-bond acceptors (Lipinski definition) is 1. The molecule has 0 unspecified atom stereocenters. The molecular formula is C6H5F3N2O. The first-order valence-corrected chi connectivity index (χ1v) is 3.02. The summed E-state index contributed by atoms with van der Waals surface area (Å²) in [6.45, 7) is 0. The number of hydrogen-bond donors (Lipinski definition) is 2. The summed E-state index contributed by atoms with van der Waals surface area (Å²) in [5, 5.41) is 3.71. The Labute approximate surface area is 65.9 Å². The van der Waals surface area contributed by atoms with E-state index >= 15 is 0 Å². The molecule has 0 spiro atoms. The number of allylic oxidation sites excluding steroid dienone is 3. The zero-order valence-electron chi connectivity index (χ0n) is 5.77. The van der Waals surface area contributed by atoms with Crippen LogP contribution in [0.4, 0.5) is 18.0 Å². The lowest BCUT2D eigenvalue weighted by Crippen LogP contribution is -2.35. The average Bonchev–Trinajstić information content (AvgIpc) is 2.11. The van der Waals surface area contributed by atoms with Crippen molar-refractivity contribution in [2.24, 2.45) is 0 Å². The lowest BCUT2D eigenvalue weighted by atomic mass is 10.4. The van der Waals surface area contributed by atoms with E-state index in [1.54, 1.807) is 5.32 Å². The molecule has 0 aliphatic carbocycles. The molecule has 1 aliphatic rings. The van der Waals surface area contributed by atoms with E-state index < -0.39 is 17.9 Å². The van der Waals surface area contributed by atoms with Gasteiger partial charge in [-0.2, -0.15) is 13.2 Å². The maximum Gasteiger partial charge on any atom is 0.431 e. The number of rotatable bonds is 0. The number of halogens is 3. The Hall–Kier alpha value is -1.46. The zero-order valence-corrected chi connectivity index (χ0v) is 5.77. The van der Waals surface area contributed by atoms with Gasteiger partial charge in [-0.15, -0.1) is 0 Å². The van der Waals surface area contributed by atoms with Crippen molar-refractivity contribution < 1.29 is 18.0 Å². The molecule has 0 saturated heterocycles. The Morgan fingerprint density at radius 1 is 1.33 bits per heavy atom. The van der Waals surface area contributed by atoms with Crippen LogP contribution in [-0.2, 0) is 0 Å². The van der Waals surface area contributed by atoms with E-state index in [0.29, 0.717) is 0 Å². The summed E-state index contributed by atoms with van der Waals surface area (Å²) < 4.78 is 35.9. The summed E-state index contributed by atoms with van der Waals surface area (Å²) in [4.78, 5) is 10.5. The fourth-order valence-electron chi connectivity index (χ4n) is 0.634. The molecular weight excluding hydrogens is 173 g/mol. The first kappa shape index (κ1) is 8.63. The Kier molecular flexibility index (Phi) is 2.07. The molecule has 0 aromatic carbocycles. The van der Waals surface area contributed by atoms with E-state index in [1.165, 1.54) is 0 Å². The molecule has 0 aromatic heterocycles. The normalized spacial score (nSPS) is 17.6. The van der Waals surface area contributed by atoms with Crippen LogP contribution < -0.4 is 10.6 Å². The number of carbonyl (C=O) groups excluding carboxylic acids is 1. The van der Waals surface area contributed by atoms with E-state index in [-0.39, 0.29) is 0 Å². The van der Waals surface area contributed by atoms with Crippen LogP contribution in [0.1, 0.15) is 0 Å². The molecule has 1 rings (SSSR count). The third-order valence-electron chi connectivity index (χ3n) is 1.13. The molecule has 2 amide bonds. The first-order chi connectivity index (χ1) is 5.50. The van der Waals surface area contributed by atoms with Crippen LogP contribution in [0.2, 0.25) is 0 Å². The Morgan fingerprint density at radius 2 is 2.00 bits per heavy atom. The van der Waals surface area contributed by atoms with Gasteiger partial charge >= 0.3 is 12.2 Å². The van der Waals surface area contributed by atoms with Crippen LogP contribution in [0.5, 0.6) is 0 Å². The van der Waals surface area contributed by atoms with E-state index in [2.05, 4.69) is 5.32 Å². The summed E-state index contributed by atoms with van der Waals surface area (Å²) in [7, 11) is 0. The summed E-state index contributed by atoms with van der Waals surface area (Å²) in [5.74, 6) is 0. The molecule has 0 saturated carbocycles. The van der Waals surface area contributed by atoms with Gasteiger partial charge in [0.1, 0.15) is 5.70 Å². The van der Waals surface area contributed by atoms with E-state index in [0.717, 1.165) is 18.4 Å². The van der Waals surface area contributed by atoms with Crippen molar-refractivity contribution in [1.82, 2.24) is 10.6 Å². The molecule has 0 aromatic rings. The highest BCUT2D eigenvalue weighted by Gasteiger charge is 2.34. The third-order valence-corrected chi connectivity index (χ3v) is 1.13. The minimum Gasteiger partial charge on any atom is -0.314 e. The van der Waals surface area contributed by atoms with Crippen LogP contribution in [-0.4, -0.2) is 12.2 Å². The van der Waals surface area contributed by atoms with Crippen molar-refractivity contribution in [3.8, 4) is 0 Å². The van der Waals surface area contributed by atoms with Gasteiger partial charge in [0.2, 0.25) is 0 Å². The maximum absolute atomic E-state index is 12.0. The minimum atomic E-state index is -4.52. The van der Waals surface area contributed by atoms with Crippen molar-refractivity contribution in [3.63, 3.8) is 0 Å². The molecule has 3 nitrogen and oxygen atoms in total. The Morgan fingerprint density at radius 3 is 2.58 bits per heavy atom. The highest BCUT2D eigenvalue weighted by molar-refractivity contribution is 5.77. The van der Waals surface area contributed by atoms with Crippen LogP contribution in [0.25, 0.3) is 0 Å². The highest BCUT2D eigenvalue weighted by Crippen LogP contribution is 2.23. The number of urea groups is 1. The molecule has 0 bridgehead atoms. The van der Waals surface area contributed by atoms with Crippen molar-refractivity contribution in [2.45, 2.75) is 6.18 Å². The van der Waals surface area contributed by atoms with Gasteiger partial charge in [-0.3, -0.25) is 0 Å². The highest BCUT2D eigenvalue weighted by atomic mass is 19.4. The summed E-state index contributed by atoms with van der Waals surface area (Å²) >= 11 is 0. The number of amides is 2. The van der Waals surface area contributed by atoms with Crippen molar-refractivity contribution in [2.75, 3.05) is 0 Å². The van der Waals surface area contributed by atoms with E-state index in [1.807, 2.05) is 0 Å². The van der Waals surface area contributed by atoms with Gasteiger partial charge in [0, 0.05) is 6.20 Å². The van der Waals surface area contributed by atoms with Gasteiger partial charge in [0.15, 0.2) is 0 Å². The van der Waals surface area contributed by atoms with Gasteiger partial charge < -0.3 is 10.6 Å². The second-order valence-corrected chi connectivity index (χ2v) is 2.04. The van der Waals surface area contributed by atoms with Crippen LogP contribution in [0, 0.1) is 0 Å². The smallest absolute Gasteiger partial charge is 0.314 e. The second-order valence-electron chi connectivity index (χ2n) is 2.04. The van der Waals surface area contributed by atoms with E-state index in [9.17, 15) is 18.0 Å². The molecule has 12 heavy (non-hydrogen) atoms. The topological polar surface area (TPSA) is 41.1 Å². The van der Waals surface area contributed by atoms with Crippen LogP contribution in [0.3, 0.4) is 0 Å². The van der Waals surface area contributed by atoms with Crippen LogP contribution in [0.15, 0.2) is 24.0 Å². The molecule has 0 atom stereocenters. The Bertz CT molecular complexity index is 254. The molecule has 0 fully saturated rings. The maximum atomic E-state index is 12.0. The summed E-state index contributed by atoms with van der Waals surface area (Å²) in [6, 6.07) is -0.896. The quantitative estimate of drug-likeness (QED) is 0.576. The Balaban J connectivity index is 2.84. The molecule has 2 N–H and O–H groups in total. The number of carbonyl (C=O) groups is 1. The summed E-state index contributed by atoms with van der Waals surface area (Å²) in [6.07, 6.45) is -1.53. The molecule has 6 heteroatoms. The lowest BCUT2D eigenvalue weighted by molar-refractivity contribution is -0.0953. The fraction of sp³-hybridized carbons (Fsp3) is 0.167. The average molecular weight is 178 g/mol.